The molecule has 2 rings (SSSR count). The third kappa shape index (κ3) is 34.3. The van der Waals surface area contributed by atoms with Gasteiger partial charge in [-0.3, -0.25) is 9.11 Å². The molecule has 0 aliphatic rings. The standard InChI is InChI=1S/C50H88.H2O4S/c1-3-5-7-9-11-13-15-17-19-21-23-25-27-29-31-33-35-37-41-47-45-46-48-42-39-40-44-50(48)49(47)43-38-36-34-32-30-28-26-24-22-20-18-16-14-12-10-8-6-4-2;1-5(2,3)4/h39-40,42,44-46H,3-38,41,43H2,1-2H3;(H2,1,2,3,4). The second-order valence-electron chi connectivity index (χ2n) is 16.9. The maximum atomic E-state index is 8.74. The zero-order valence-electron chi connectivity index (χ0n) is 36.5. The van der Waals surface area contributed by atoms with Gasteiger partial charge in [0.1, 0.15) is 0 Å². The average molecular weight is 787 g/mol. The van der Waals surface area contributed by atoms with Crippen LogP contribution < -0.4 is 0 Å². The summed E-state index contributed by atoms with van der Waals surface area (Å²) in [6.45, 7) is 4.62. The predicted octanol–water partition coefficient (Wildman–Crippen LogP) is 17.4. The molecular formula is C50H90O4S. The molecule has 2 aromatic carbocycles. The van der Waals surface area contributed by atoms with Gasteiger partial charge in [0.15, 0.2) is 0 Å². The third-order valence-electron chi connectivity index (χ3n) is 11.7. The molecule has 0 spiro atoms. The van der Waals surface area contributed by atoms with Crippen molar-refractivity contribution < 1.29 is 17.5 Å². The van der Waals surface area contributed by atoms with Crippen molar-refractivity contribution >= 4 is 21.2 Å². The average Bonchev–Trinajstić information content (AvgIpc) is 3.16. The Hall–Kier alpha value is -1.43. The summed E-state index contributed by atoms with van der Waals surface area (Å²) < 4.78 is 31.6. The molecule has 0 amide bonds. The van der Waals surface area contributed by atoms with E-state index in [2.05, 4.69) is 50.2 Å². The van der Waals surface area contributed by atoms with Crippen molar-refractivity contribution in [1.82, 2.24) is 0 Å². The van der Waals surface area contributed by atoms with Crippen molar-refractivity contribution in [3.05, 3.63) is 47.5 Å². The zero-order valence-corrected chi connectivity index (χ0v) is 37.3. The Balaban J connectivity index is 0.00000283. The fourth-order valence-electron chi connectivity index (χ4n) is 8.33. The Morgan fingerprint density at radius 3 is 0.964 bits per heavy atom. The summed E-state index contributed by atoms with van der Waals surface area (Å²) in [6.07, 6.45) is 54.7. The number of unbranched alkanes of at least 4 members (excludes halogenated alkanes) is 34. The normalized spacial score (nSPS) is 11.6. The number of rotatable bonds is 38. The minimum absolute atomic E-state index is 1.27. The van der Waals surface area contributed by atoms with Crippen LogP contribution in [-0.4, -0.2) is 17.5 Å². The van der Waals surface area contributed by atoms with Crippen LogP contribution in [0.5, 0.6) is 0 Å². The lowest BCUT2D eigenvalue weighted by molar-refractivity contribution is 0.381. The summed E-state index contributed by atoms with van der Waals surface area (Å²) in [4.78, 5) is 0. The van der Waals surface area contributed by atoms with E-state index >= 15 is 0 Å². The van der Waals surface area contributed by atoms with E-state index in [0.717, 1.165) is 0 Å². The Bertz CT molecular complexity index is 1200. The maximum Gasteiger partial charge on any atom is 0.394 e. The van der Waals surface area contributed by atoms with Gasteiger partial charge in [0.25, 0.3) is 0 Å². The van der Waals surface area contributed by atoms with Crippen molar-refractivity contribution in [2.45, 2.75) is 258 Å². The highest BCUT2D eigenvalue weighted by molar-refractivity contribution is 7.79. The molecule has 4 nitrogen and oxygen atoms in total. The molecule has 0 aromatic heterocycles. The van der Waals surface area contributed by atoms with E-state index in [4.69, 9.17) is 17.5 Å². The highest BCUT2D eigenvalue weighted by Gasteiger charge is 2.08. The number of hydrogen-bond acceptors (Lipinski definition) is 2. The van der Waals surface area contributed by atoms with E-state index in [1.165, 1.54) is 255 Å². The van der Waals surface area contributed by atoms with Crippen molar-refractivity contribution in [2.24, 2.45) is 0 Å². The summed E-state index contributed by atoms with van der Waals surface area (Å²) in [6, 6.07) is 14.0. The first kappa shape index (κ1) is 51.6. The van der Waals surface area contributed by atoms with Crippen molar-refractivity contribution in [2.75, 3.05) is 0 Å². The van der Waals surface area contributed by atoms with Gasteiger partial charge in [0.05, 0.1) is 0 Å². The van der Waals surface area contributed by atoms with Crippen LogP contribution >= 0.6 is 0 Å². The smallest absolute Gasteiger partial charge is 0.264 e. The quantitative estimate of drug-likeness (QED) is 0.0525. The van der Waals surface area contributed by atoms with E-state index in [9.17, 15) is 0 Å². The molecule has 320 valence electrons. The molecule has 0 radical (unpaired) electrons. The molecule has 5 heteroatoms. The summed E-state index contributed by atoms with van der Waals surface area (Å²) >= 11 is 0. The first-order valence-electron chi connectivity index (χ1n) is 24.1. The van der Waals surface area contributed by atoms with Crippen molar-refractivity contribution in [3.63, 3.8) is 0 Å². The highest BCUT2D eigenvalue weighted by Crippen LogP contribution is 2.27. The third-order valence-corrected chi connectivity index (χ3v) is 11.7. The van der Waals surface area contributed by atoms with Gasteiger partial charge in [0, 0.05) is 0 Å². The molecule has 0 aliphatic heterocycles. The first-order valence-corrected chi connectivity index (χ1v) is 25.5. The van der Waals surface area contributed by atoms with Gasteiger partial charge in [-0.2, -0.15) is 8.42 Å². The maximum absolute atomic E-state index is 8.74. The molecule has 0 unspecified atom stereocenters. The van der Waals surface area contributed by atoms with Crippen molar-refractivity contribution in [3.8, 4) is 0 Å². The van der Waals surface area contributed by atoms with E-state index in [1.807, 2.05) is 0 Å². The SMILES string of the molecule is CCCCCCCCCCCCCCCCCCCCc1ccc2ccccc2c1CCCCCCCCCCCCCCCCCCCC.O=S(=O)(O)O. The van der Waals surface area contributed by atoms with Crippen LogP contribution in [0.1, 0.15) is 256 Å². The summed E-state index contributed by atoms with van der Waals surface area (Å²) in [5.74, 6) is 0. The lowest BCUT2D eigenvalue weighted by atomic mass is 9.91. The number of fused-ring (bicyclic) bond motifs is 1. The van der Waals surface area contributed by atoms with Crippen LogP contribution in [0.15, 0.2) is 36.4 Å². The topological polar surface area (TPSA) is 74.6 Å². The van der Waals surface area contributed by atoms with E-state index < -0.39 is 10.4 Å². The van der Waals surface area contributed by atoms with Crippen LogP contribution in [0.4, 0.5) is 0 Å². The van der Waals surface area contributed by atoms with E-state index in [0.29, 0.717) is 0 Å². The molecular weight excluding hydrogens is 697 g/mol. The van der Waals surface area contributed by atoms with Gasteiger partial charge in [0.2, 0.25) is 0 Å². The fourth-order valence-corrected chi connectivity index (χ4v) is 8.33. The van der Waals surface area contributed by atoms with Crippen molar-refractivity contribution in [1.29, 1.82) is 0 Å². The predicted molar refractivity (Wildman–Crippen MR) is 243 cm³/mol. The number of benzene rings is 2. The molecule has 0 atom stereocenters. The molecule has 0 fully saturated rings. The summed E-state index contributed by atoms with van der Waals surface area (Å²) in [7, 11) is -4.67. The van der Waals surface area contributed by atoms with Crippen LogP contribution in [-0.2, 0) is 23.2 Å². The Labute approximate surface area is 342 Å². The van der Waals surface area contributed by atoms with Gasteiger partial charge in [-0.05, 0) is 47.6 Å². The van der Waals surface area contributed by atoms with Gasteiger partial charge in [-0.15, -0.1) is 0 Å². The molecule has 2 N–H and O–H groups in total. The Morgan fingerprint density at radius 2 is 0.636 bits per heavy atom. The van der Waals surface area contributed by atoms with Crippen LogP contribution in [0.2, 0.25) is 0 Å². The van der Waals surface area contributed by atoms with Gasteiger partial charge >= 0.3 is 10.4 Å². The Morgan fingerprint density at radius 1 is 0.364 bits per heavy atom. The minimum Gasteiger partial charge on any atom is -0.264 e. The van der Waals surface area contributed by atoms with E-state index in [-0.39, 0.29) is 0 Å². The Kier molecular flexibility index (Phi) is 35.7. The summed E-state index contributed by atoms with van der Waals surface area (Å²) in [5, 5.41) is 2.96. The van der Waals surface area contributed by atoms with Crippen LogP contribution in [0.25, 0.3) is 10.8 Å². The molecule has 2 aromatic rings. The minimum atomic E-state index is -4.67. The highest BCUT2D eigenvalue weighted by atomic mass is 32.3. The number of aryl methyl sites for hydroxylation is 2. The second-order valence-corrected chi connectivity index (χ2v) is 17.8. The molecule has 55 heavy (non-hydrogen) atoms. The number of hydrogen-bond donors (Lipinski definition) is 2. The monoisotopic (exact) mass is 787 g/mol. The van der Waals surface area contributed by atoms with Crippen LogP contribution in [0.3, 0.4) is 0 Å². The first-order chi connectivity index (χ1) is 26.9. The largest absolute Gasteiger partial charge is 0.394 e. The lowest BCUT2D eigenvalue weighted by Crippen LogP contribution is -1.97. The lowest BCUT2D eigenvalue weighted by Gasteiger charge is -2.14. The summed E-state index contributed by atoms with van der Waals surface area (Å²) in [5.41, 5.74) is 3.32. The van der Waals surface area contributed by atoms with Gasteiger partial charge in [-0.1, -0.05) is 269 Å². The fraction of sp³-hybridized carbons (Fsp3) is 0.800. The van der Waals surface area contributed by atoms with Crippen LogP contribution in [0, 0.1) is 0 Å². The van der Waals surface area contributed by atoms with E-state index in [1.54, 1.807) is 11.1 Å². The molecule has 0 heterocycles. The molecule has 0 bridgehead atoms. The van der Waals surface area contributed by atoms with Gasteiger partial charge < -0.3 is 0 Å². The van der Waals surface area contributed by atoms with Gasteiger partial charge in [-0.25, -0.2) is 0 Å². The molecule has 0 saturated carbocycles. The molecule has 0 aliphatic carbocycles. The second kappa shape index (κ2) is 38.1. The zero-order chi connectivity index (χ0) is 39.9. The molecule has 0 saturated heterocycles.